The number of para-hydroxylation sites is 1. The van der Waals surface area contributed by atoms with Crippen molar-refractivity contribution in [3.05, 3.63) is 172 Å². The summed E-state index contributed by atoms with van der Waals surface area (Å²) in [5, 5.41) is 4.84. The maximum atomic E-state index is 5.78. The van der Waals surface area contributed by atoms with Crippen LogP contribution in [0, 0.1) is 0 Å². The van der Waals surface area contributed by atoms with Crippen LogP contribution >= 0.6 is 0 Å². The number of nitrogens with zero attached hydrogens (tertiary/aromatic N) is 5. The zero-order valence-corrected chi connectivity index (χ0v) is 50.9. The number of hydrogen-bond donors (Lipinski definition) is 0. The molecule has 0 amide bonds. The van der Waals surface area contributed by atoms with E-state index in [1.165, 1.54) is 60.5 Å². The summed E-state index contributed by atoms with van der Waals surface area (Å²) in [6.45, 7) is 48.4. The van der Waals surface area contributed by atoms with Crippen molar-refractivity contribution < 1.29 is 0 Å². The van der Waals surface area contributed by atoms with Gasteiger partial charge < -0.3 is 9.13 Å². The standard InChI is InChI=1S/C73H85N5/c1-67(2,3)46-27-30-59-56(41-46)57-42-63(78-60-31-28-47(68(4,5)6)39-54(60)55-40-48(69(7,8)9)29-32-61(55)78)58(43-62(57)77(59)53-25-23-22-24-26-53)66-75-64(44-33-49(70(10,11)12)37-50(34-44)71(13,14)15)74-65(76-66)45-35-51(72(16,17)18)38-52(36-45)73(19,20)21/h22-43H,1-21H3. The molecule has 7 aromatic carbocycles. The maximum absolute atomic E-state index is 5.78. The van der Waals surface area contributed by atoms with E-state index in [2.05, 4.69) is 288 Å². The fourth-order valence-electron chi connectivity index (χ4n) is 11.0. The van der Waals surface area contributed by atoms with Crippen LogP contribution in [0.15, 0.2) is 133 Å². The molecule has 0 spiro atoms. The van der Waals surface area contributed by atoms with Crippen LogP contribution in [0.3, 0.4) is 0 Å². The topological polar surface area (TPSA) is 48.5 Å². The number of benzene rings is 7. The van der Waals surface area contributed by atoms with Crippen molar-refractivity contribution >= 4 is 43.6 Å². The van der Waals surface area contributed by atoms with Gasteiger partial charge in [-0.1, -0.05) is 194 Å². The Bertz CT molecular complexity index is 3750. The molecule has 3 aromatic heterocycles. The largest absolute Gasteiger partial charge is 0.309 e. The van der Waals surface area contributed by atoms with E-state index in [0.29, 0.717) is 17.5 Å². The van der Waals surface area contributed by atoms with Gasteiger partial charge in [-0.2, -0.15) is 0 Å². The van der Waals surface area contributed by atoms with Gasteiger partial charge in [0.1, 0.15) is 0 Å². The van der Waals surface area contributed by atoms with Gasteiger partial charge >= 0.3 is 0 Å². The Labute approximate surface area is 466 Å². The zero-order valence-electron chi connectivity index (χ0n) is 50.9. The number of rotatable bonds is 5. The molecule has 0 unspecified atom stereocenters. The molecule has 0 fully saturated rings. The highest BCUT2D eigenvalue weighted by molar-refractivity contribution is 6.14. The van der Waals surface area contributed by atoms with E-state index in [-0.39, 0.29) is 37.9 Å². The van der Waals surface area contributed by atoms with E-state index >= 15 is 0 Å². The minimum Gasteiger partial charge on any atom is -0.309 e. The fraction of sp³-hybridized carbons (Fsp3) is 0.384. The average molecular weight is 1030 g/mol. The Morgan fingerprint density at radius 3 is 0.936 bits per heavy atom. The first-order chi connectivity index (χ1) is 36.1. The second-order valence-electron chi connectivity index (χ2n) is 29.7. The summed E-state index contributed by atoms with van der Waals surface area (Å²) < 4.78 is 4.95. The molecule has 0 saturated heterocycles. The summed E-state index contributed by atoms with van der Waals surface area (Å²) in [4.78, 5) is 17.2. The fourth-order valence-corrected chi connectivity index (χ4v) is 11.0. The third-order valence-corrected chi connectivity index (χ3v) is 16.2. The molecule has 3 heterocycles. The molecule has 78 heavy (non-hydrogen) atoms. The molecule has 0 bridgehead atoms. The maximum Gasteiger partial charge on any atom is 0.166 e. The van der Waals surface area contributed by atoms with Gasteiger partial charge in [-0.3, -0.25) is 0 Å². The van der Waals surface area contributed by atoms with E-state index < -0.39 is 0 Å². The van der Waals surface area contributed by atoms with Crippen molar-refractivity contribution in [3.63, 3.8) is 0 Å². The Hall–Kier alpha value is -6.85. The highest BCUT2D eigenvalue weighted by Gasteiger charge is 2.29. The third kappa shape index (κ3) is 10.1. The lowest BCUT2D eigenvalue weighted by Gasteiger charge is -2.26. The predicted octanol–water partition coefficient (Wildman–Crippen LogP) is 20.1. The molecule has 5 nitrogen and oxygen atoms in total. The highest BCUT2D eigenvalue weighted by Crippen LogP contribution is 2.45. The Morgan fingerprint density at radius 1 is 0.269 bits per heavy atom. The van der Waals surface area contributed by atoms with E-state index in [9.17, 15) is 0 Å². The summed E-state index contributed by atoms with van der Waals surface area (Å²) >= 11 is 0. The van der Waals surface area contributed by atoms with Gasteiger partial charge in [0.15, 0.2) is 17.5 Å². The van der Waals surface area contributed by atoms with Crippen molar-refractivity contribution in [1.29, 1.82) is 0 Å². The Balaban J connectivity index is 1.43. The van der Waals surface area contributed by atoms with Gasteiger partial charge in [0, 0.05) is 43.9 Å². The van der Waals surface area contributed by atoms with E-state index in [1.807, 2.05) is 0 Å². The summed E-state index contributed by atoms with van der Waals surface area (Å²) in [7, 11) is 0. The number of fused-ring (bicyclic) bond motifs is 6. The predicted molar refractivity (Wildman–Crippen MR) is 336 cm³/mol. The van der Waals surface area contributed by atoms with Crippen LogP contribution in [-0.2, 0) is 37.9 Å². The van der Waals surface area contributed by atoms with Gasteiger partial charge in [0.05, 0.1) is 27.8 Å². The first-order valence-electron chi connectivity index (χ1n) is 28.4. The van der Waals surface area contributed by atoms with Crippen LogP contribution in [0.4, 0.5) is 0 Å². The van der Waals surface area contributed by atoms with Crippen molar-refractivity contribution in [2.45, 2.75) is 183 Å². The summed E-state index contributed by atoms with van der Waals surface area (Å²) in [6.07, 6.45) is 0. The smallest absolute Gasteiger partial charge is 0.166 e. The first kappa shape index (κ1) is 54.5. The number of aromatic nitrogens is 5. The van der Waals surface area contributed by atoms with Crippen LogP contribution < -0.4 is 0 Å². The van der Waals surface area contributed by atoms with Crippen LogP contribution in [-0.4, -0.2) is 24.1 Å². The van der Waals surface area contributed by atoms with Crippen molar-refractivity contribution in [1.82, 2.24) is 24.1 Å². The SMILES string of the molecule is CC(C)(C)c1cc(-c2nc(-c3cc(C(C)(C)C)cc(C(C)(C)C)c3)nc(-c3cc4c(cc3-n3c5ccc(C(C)(C)C)cc5c5cc(C(C)(C)C)ccc53)c3cc(C(C)(C)C)ccc3n4-c3ccccc3)n2)cc(C(C)(C)C)c1. The van der Waals surface area contributed by atoms with E-state index in [1.54, 1.807) is 0 Å². The molecule has 0 atom stereocenters. The van der Waals surface area contributed by atoms with Crippen LogP contribution in [0.1, 0.15) is 184 Å². The Kier molecular flexibility index (Phi) is 12.8. The lowest BCUT2D eigenvalue weighted by molar-refractivity contribution is 0.568. The molecule has 0 aliphatic heterocycles. The molecule has 402 valence electrons. The second kappa shape index (κ2) is 18.4. The molecule has 0 aliphatic rings. The monoisotopic (exact) mass is 1030 g/mol. The van der Waals surface area contributed by atoms with Gasteiger partial charge in [0.25, 0.3) is 0 Å². The summed E-state index contributed by atoms with van der Waals surface area (Å²) in [5.74, 6) is 1.93. The molecule has 0 saturated carbocycles. The van der Waals surface area contributed by atoms with Gasteiger partial charge in [0.2, 0.25) is 0 Å². The minimum atomic E-state index is -0.122. The summed E-state index contributed by atoms with van der Waals surface area (Å²) in [5.41, 5.74) is 17.8. The zero-order chi connectivity index (χ0) is 56.6. The normalized spacial score (nSPS) is 13.4. The van der Waals surface area contributed by atoms with Crippen molar-refractivity contribution in [2.75, 3.05) is 0 Å². The van der Waals surface area contributed by atoms with Crippen molar-refractivity contribution in [3.8, 4) is 45.5 Å². The van der Waals surface area contributed by atoms with E-state index in [0.717, 1.165) is 50.1 Å². The molecule has 0 radical (unpaired) electrons. The summed E-state index contributed by atoms with van der Waals surface area (Å²) in [6, 6.07) is 51.0. The molecule has 0 aliphatic carbocycles. The lowest BCUT2D eigenvalue weighted by atomic mass is 9.79. The molecule has 0 N–H and O–H groups in total. The van der Waals surface area contributed by atoms with Crippen molar-refractivity contribution in [2.24, 2.45) is 0 Å². The van der Waals surface area contributed by atoms with Gasteiger partial charge in [-0.25, -0.2) is 15.0 Å². The molecule has 10 rings (SSSR count). The Morgan fingerprint density at radius 2 is 0.590 bits per heavy atom. The van der Waals surface area contributed by atoms with Crippen LogP contribution in [0.2, 0.25) is 0 Å². The quantitative estimate of drug-likeness (QED) is 0.173. The van der Waals surface area contributed by atoms with Crippen LogP contribution in [0.5, 0.6) is 0 Å². The minimum absolute atomic E-state index is 0.0513. The van der Waals surface area contributed by atoms with Gasteiger partial charge in [-0.15, -0.1) is 0 Å². The second-order valence-corrected chi connectivity index (χ2v) is 29.7. The first-order valence-corrected chi connectivity index (χ1v) is 28.4. The third-order valence-electron chi connectivity index (χ3n) is 16.2. The van der Waals surface area contributed by atoms with E-state index in [4.69, 9.17) is 15.0 Å². The number of hydrogen-bond acceptors (Lipinski definition) is 3. The molecule has 5 heteroatoms. The molecule has 10 aromatic rings. The van der Waals surface area contributed by atoms with Gasteiger partial charge in [-0.05, 0) is 162 Å². The molecular formula is C73H85N5. The highest BCUT2D eigenvalue weighted by atomic mass is 15.1. The molecular weight excluding hydrogens is 947 g/mol. The lowest BCUT2D eigenvalue weighted by Crippen LogP contribution is -2.17. The van der Waals surface area contributed by atoms with Crippen LogP contribution in [0.25, 0.3) is 89.2 Å². The average Bonchev–Trinajstić information content (AvgIpc) is 4.00.